The van der Waals surface area contributed by atoms with Crippen LogP contribution < -0.4 is 10.6 Å². The van der Waals surface area contributed by atoms with Gasteiger partial charge in [0.15, 0.2) is 0 Å². The van der Waals surface area contributed by atoms with Crippen LogP contribution in [0.25, 0.3) is 22.2 Å². The van der Waals surface area contributed by atoms with Gasteiger partial charge in [0.2, 0.25) is 5.91 Å². The topological polar surface area (TPSA) is 77.0 Å². The molecule has 0 radical (unpaired) electrons. The molecule has 2 N–H and O–H groups in total. The number of fused-ring (bicyclic) bond motifs is 2. The van der Waals surface area contributed by atoms with E-state index in [0.717, 1.165) is 45.4 Å². The van der Waals surface area contributed by atoms with Crippen LogP contribution in [-0.2, 0) is 24.7 Å². The molecular weight excluding hydrogens is 393 g/mol. The summed E-state index contributed by atoms with van der Waals surface area (Å²) < 4.78 is 15.6. The molecule has 0 bridgehead atoms. The van der Waals surface area contributed by atoms with Gasteiger partial charge in [-0.1, -0.05) is 12.1 Å². The summed E-state index contributed by atoms with van der Waals surface area (Å²) in [5.74, 6) is 0.107. The molecule has 0 saturated carbocycles. The molecule has 1 amide bonds. The minimum absolute atomic E-state index is 0.0284. The predicted molar refractivity (Wildman–Crippen MR) is 119 cm³/mol. The first-order valence-electron chi connectivity index (χ1n) is 10.2. The van der Waals surface area contributed by atoms with Crippen LogP contribution in [0.3, 0.4) is 0 Å². The zero-order chi connectivity index (χ0) is 21.7. The van der Waals surface area contributed by atoms with Crippen molar-refractivity contribution in [2.45, 2.75) is 19.8 Å². The van der Waals surface area contributed by atoms with Gasteiger partial charge >= 0.3 is 0 Å². The number of amides is 1. The van der Waals surface area contributed by atoms with Gasteiger partial charge in [-0.25, -0.2) is 14.4 Å². The van der Waals surface area contributed by atoms with E-state index in [2.05, 4.69) is 16.0 Å². The average Bonchev–Trinajstić information content (AvgIpc) is 3.29. The van der Waals surface area contributed by atoms with Crippen LogP contribution in [0.4, 0.5) is 15.9 Å². The highest BCUT2D eigenvalue weighted by molar-refractivity contribution is 6.02. The number of anilines is 2. The molecule has 6 nitrogen and oxygen atoms in total. The number of nitrogens with two attached hydrogens (primary N) is 1. The first-order valence-corrected chi connectivity index (χ1v) is 10.2. The van der Waals surface area contributed by atoms with Gasteiger partial charge in [0.25, 0.3) is 0 Å². The third kappa shape index (κ3) is 3.32. The lowest BCUT2D eigenvalue weighted by Crippen LogP contribution is -2.30. The van der Waals surface area contributed by atoms with E-state index in [0.29, 0.717) is 17.9 Å². The van der Waals surface area contributed by atoms with Crippen molar-refractivity contribution in [3.8, 4) is 11.1 Å². The summed E-state index contributed by atoms with van der Waals surface area (Å²) in [6.07, 6.45) is 4.42. The molecule has 0 saturated heterocycles. The third-order valence-electron chi connectivity index (χ3n) is 5.83. The standard InChI is InChI=1S/C24H22FN5O/c1-14-7-15(9-18(25)8-14)10-21(31)30-6-5-17-11-16(3-4-20(17)30)19-12-29(2)24-22(19)23(26)27-13-28-24/h3-4,7-9,11-13H,5-6,10H2,1-2H3,(H2,26,27,28). The fourth-order valence-electron chi connectivity index (χ4n) is 4.47. The molecule has 4 aromatic rings. The Morgan fingerprint density at radius 1 is 1.19 bits per heavy atom. The second-order valence-corrected chi connectivity index (χ2v) is 8.06. The third-order valence-corrected chi connectivity index (χ3v) is 5.83. The number of nitrogen functional groups attached to an aromatic ring is 1. The number of nitrogens with zero attached hydrogens (tertiary/aromatic N) is 4. The molecule has 5 rings (SSSR count). The Balaban J connectivity index is 1.46. The van der Waals surface area contributed by atoms with Gasteiger partial charge in [-0.3, -0.25) is 4.79 Å². The van der Waals surface area contributed by atoms with Gasteiger partial charge in [0.1, 0.15) is 23.6 Å². The van der Waals surface area contributed by atoms with Crippen molar-refractivity contribution in [1.82, 2.24) is 14.5 Å². The molecule has 0 atom stereocenters. The lowest BCUT2D eigenvalue weighted by Gasteiger charge is -2.18. The van der Waals surface area contributed by atoms with Crippen molar-refractivity contribution >= 4 is 28.4 Å². The summed E-state index contributed by atoms with van der Waals surface area (Å²) in [5.41, 5.74) is 12.4. The molecular formula is C24H22FN5O. The number of aromatic nitrogens is 3. The average molecular weight is 415 g/mol. The molecule has 1 aliphatic rings. The quantitative estimate of drug-likeness (QED) is 0.552. The van der Waals surface area contributed by atoms with Gasteiger partial charge in [0, 0.05) is 31.0 Å². The van der Waals surface area contributed by atoms with Gasteiger partial charge in [-0.2, -0.15) is 0 Å². The normalized spacial score (nSPS) is 13.1. The minimum Gasteiger partial charge on any atom is -0.383 e. The number of halogens is 1. The number of hydrogen-bond acceptors (Lipinski definition) is 4. The summed E-state index contributed by atoms with van der Waals surface area (Å²) in [7, 11) is 1.93. The van der Waals surface area contributed by atoms with Gasteiger partial charge in [-0.05, 0) is 59.9 Å². The lowest BCUT2D eigenvalue weighted by molar-refractivity contribution is -0.117. The Morgan fingerprint density at radius 3 is 2.84 bits per heavy atom. The van der Waals surface area contributed by atoms with Crippen molar-refractivity contribution in [2.24, 2.45) is 7.05 Å². The highest BCUT2D eigenvalue weighted by Crippen LogP contribution is 2.37. The van der Waals surface area contributed by atoms with E-state index in [1.807, 2.05) is 42.9 Å². The molecule has 2 aromatic heterocycles. The van der Waals surface area contributed by atoms with Crippen LogP contribution in [-0.4, -0.2) is 27.0 Å². The summed E-state index contributed by atoms with van der Waals surface area (Å²) in [4.78, 5) is 23.2. The zero-order valence-corrected chi connectivity index (χ0v) is 17.4. The summed E-state index contributed by atoms with van der Waals surface area (Å²) >= 11 is 0. The molecule has 7 heteroatoms. The van der Waals surface area contributed by atoms with E-state index in [9.17, 15) is 9.18 Å². The lowest BCUT2D eigenvalue weighted by atomic mass is 10.0. The molecule has 3 heterocycles. The minimum atomic E-state index is -0.312. The molecule has 0 unspecified atom stereocenters. The van der Waals surface area contributed by atoms with Crippen molar-refractivity contribution in [3.05, 3.63) is 71.4 Å². The van der Waals surface area contributed by atoms with Crippen molar-refractivity contribution in [3.63, 3.8) is 0 Å². The second-order valence-electron chi connectivity index (χ2n) is 8.06. The number of carbonyl (C=O) groups is 1. The second kappa shape index (κ2) is 7.19. The number of carbonyl (C=O) groups excluding carboxylic acids is 1. The van der Waals surface area contributed by atoms with E-state index in [1.165, 1.54) is 18.5 Å². The maximum absolute atomic E-state index is 13.7. The van der Waals surface area contributed by atoms with Crippen molar-refractivity contribution in [2.75, 3.05) is 17.2 Å². The summed E-state index contributed by atoms with van der Waals surface area (Å²) in [6.45, 7) is 2.45. The maximum atomic E-state index is 13.7. The SMILES string of the molecule is Cc1cc(F)cc(CC(=O)N2CCc3cc(-c4cn(C)c5ncnc(N)c45)ccc32)c1. The van der Waals surface area contributed by atoms with Crippen molar-refractivity contribution in [1.29, 1.82) is 0 Å². The van der Waals surface area contributed by atoms with E-state index in [1.54, 1.807) is 4.90 Å². The fourth-order valence-corrected chi connectivity index (χ4v) is 4.47. The van der Waals surface area contributed by atoms with Crippen LogP contribution in [0, 0.1) is 12.7 Å². The number of benzene rings is 2. The van der Waals surface area contributed by atoms with Gasteiger partial charge < -0.3 is 15.2 Å². The van der Waals surface area contributed by atoms with Crippen LogP contribution in [0.1, 0.15) is 16.7 Å². The van der Waals surface area contributed by atoms with E-state index in [4.69, 9.17) is 5.73 Å². The number of hydrogen-bond donors (Lipinski definition) is 1. The Labute approximate surface area is 179 Å². The van der Waals surface area contributed by atoms with Gasteiger partial charge in [-0.15, -0.1) is 0 Å². The number of aryl methyl sites for hydroxylation is 2. The Bertz CT molecular complexity index is 1320. The predicted octanol–water partition coefficient (Wildman–Crippen LogP) is 3.80. The summed E-state index contributed by atoms with van der Waals surface area (Å²) in [5, 5.41) is 0.831. The first kappa shape index (κ1) is 19.2. The Kier molecular flexibility index (Phi) is 4.46. The largest absolute Gasteiger partial charge is 0.383 e. The fraction of sp³-hybridized carbons (Fsp3) is 0.208. The van der Waals surface area contributed by atoms with E-state index >= 15 is 0 Å². The maximum Gasteiger partial charge on any atom is 0.231 e. The molecule has 1 aliphatic heterocycles. The first-order chi connectivity index (χ1) is 14.9. The molecule has 2 aromatic carbocycles. The van der Waals surface area contributed by atoms with Gasteiger partial charge in [0.05, 0.1) is 11.8 Å². The summed E-state index contributed by atoms with van der Waals surface area (Å²) in [6, 6.07) is 10.8. The zero-order valence-electron chi connectivity index (χ0n) is 17.4. The molecule has 0 aliphatic carbocycles. The Hall–Kier alpha value is -3.74. The van der Waals surface area contributed by atoms with Crippen LogP contribution in [0.2, 0.25) is 0 Å². The highest BCUT2D eigenvalue weighted by Gasteiger charge is 2.26. The van der Waals surface area contributed by atoms with Crippen LogP contribution in [0.15, 0.2) is 48.9 Å². The molecule has 156 valence electrons. The molecule has 0 fully saturated rings. The van der Waals surface area contributed by atoms with Crippen LogP contribution >= 0.6 is 0 Å². The van der Waals surface area contributed by atoms with E-state index < -0.39 is 0 Å². The monoisotopic (exact) mass is 415 g/mol. The highest BCUT2D eigenvalue weighted by atomic mass is 19.1. The molecule has 0 spiro atoms. The Morgan fingerprint density at radius 2 is 2.03 bits per heavy atom. The van der Waals surface area contributed by atoms with Crippen molar-refractivity contribution < 1.29 is 9.18 Å². The number of rotatable bonds is 3. The smallest absolute Gasteiger partial charge is 0.231 e. The van der Waals surface area contributed by atoms with Crippen LogP contribution in [0.5, 0.6) is 0 Å². The van der Waals surface area contributed by atoms with E-state index in [-0.39, 0.29) is 18.1 Å². The molecule has 31 heavy (non-hydrogen) atoms.